The van der Waals surface area contributed by atoms with Gasteiger partial charge in [0.15, 0.2) is 0 Å². The summed E-state index contributed by atoms with van der Waals surface area (Å²) in [6, 6.07) is 2.67. The van der Waals surface area contributed by atoms with Crippen LogP contribution in [0.25, 0.3) is 6.08 Å². The van der Waals surface area contributed by atoms with Crippen LogP contribution in [0.5, 0.6) is 0 Å². The first-order valence-electron chi connectivity index (χ1n) is 8.33. The molecule has 0 unspecified atom stereocenters. The maximum absolute atomic E-state index is 14.2. The van der Waals surface area contributed by atoms with Crippen molar-refractivity contribution in [2.45, 2.75) is 13.0 Å². The molecule has 0 heterocycles. The Morgan fingerprint density at radius 1 is 1.36 bits per heavy atom. The third-order valence-electron chi connectivity index (χ3n) is 3.39. The van der Waals surface area contributed by atoms with E-state index in [0.29, 0.717) is 18.7 Å². The predicted molar refractivity (Wildman–Crippen MR) is 108 cm³/mol. The van der Waals surface area contributed by atoms with Crippen LogP contribution in [-0.2, 0) is 26.1 Å². The maximum Gasteiger partial charge on any atom is 0.243 e. The molecule has 0 fully saturated rings. The highest BCUT2D eigenvalue weighted by molar-refractivity contribution is 7.92. The second-order valence-electron chi connectivity index (χ2n) is 5.84. The third kappa shape index (κ3) is 8.78. The molecule has 154 valence electrons. The van der Waals surface area contributed by atoms with Gasteiger partial charge in [-0.2, -0.15) is 0 Å². The highest BCUT2D eigenvalue weighted by atomic mass is 32.2. The van der Waals surface area contributed by atoms with Gasteiger partial charge in [-0.05, 0) is 23.8 Å². The van der Waals surface area contributed by atoms with E-state index in [9.17, 15) is 17.6 Å². The van der Waals surface area contributed by atoms with Crippen molar-refractivity contribution in [2.24, 2.45) is 0 Å². The molecule has 0 saturated heterocycles. The Hall–Kier alpha value is -2.72. The molecule has 8 nitrogen and oxygen atoms in total. The first-order valence-corrected chi connectivity index (χ1v) is 10.2. The minimum atomic E-state index is -3.64. The molecule has 0 bridgehead atoms. The van der Waals surface area contributed by atoms with E-state index in [2.05, 4.69) is 21.9 Å². The number of benzene rings is 1. The van der Waals surface area contributed by atoms with Crippen molar-refractivity contribution in [3.63, 3.8) is 0 Å². The molecule has 0 atom stereocenters. The number of sulfonamides is 1. The van der Waals surface area contributed by atoms with Crippen LogP contribution in [0.2, 0.25) is 0 Å². The molecule has 0 radical (unpaired) electrons. The molecule has 0 saturated carbocycles. The van der Waals surface area contributed by atoms with Gasteiger partial charge >= 0.3 is 0 Å². The van der Waals surface area contributed by atoms with Gasteiger partial charge in [0.1, 0.15) is 5.82 Å². The van der Waals surface area contributed by atoms with E-state index in [-0.39, 0.29) is 30.1 Å². The molecule has 28 heavy (non-hydrogen) atoms. The monoisotopic (exact) mass is 412 g/mol. The van der Waals surface area contributed by atoms with Gasteiger partial charge in [-0.3, -0.25) is 14.9 Å². The lowest BCUT2D eigenvalue weighted by Gasteiger charge is -2.12. The molecule has 0 spiro atoms. The van der Waals surface area contributed by atoms with Crippen molar-refractivity contribution < 1.29 is 22.3 Å². The maximum atomic E-state index is 14.2. The number of anilines is 1. The molecule has 1 aromatic carbocycles. The van der Waals surface area contributed by atoms with Gasteiger partial charge in [0.05, 0.1) is 24.4 Å². The number of amidine groups is 1. The molecule has 1 aromatic rings. The van der Waals surface area contributed by atoms with Gasteiger partial charge in [-0.15, -0.1) is 0 Å². The minimum Gasteiger partial charge on any atom is -0.383 e. The summed E-state index contributed by atoms with van der Waals surface area (Å²) in [7, 11) is -2.08. The van der Waals surface area contributed by atoms with Gasteiger partial charge in [-0.1, -0.05) is 18.7 Å². The molecule has 0 aromatic heterocycles. The summed E-state index contributed by atoms with van der Waals surface area (Å²) in [6.45, 7) is 4.59. The van der Waals surface area contributed by atoms with E-state index < -0.39 is 21.7 Å². The lowest BCUT2D eigenvalue weighted by Crippen LogP contribution is -2.25. The number of methoxy groups -OCH3 is 1. The quantitative estimate of drug-likeness (QED) is 0.190. The average molecular weight is 412 g/mol. The highest BCUT2D eigenvalue weighted by Gasteiger charge is 2.13. The topological polar surface area (TPSA) is 120 Å². The summed E-state index contributed by atoms with van der Waals surface area (Å²) in [4.78, 5) is 11.8. The lowest BCUT2D eigenvalue weighted by molar-refractivity contribution is -0.116. The number of carbonyl (C=O) groups excluding carboxylic acids is 1. The van der Waals surface area contributed by atoms with E-state index in [1.165, 1.54) is 24.3 Å². The van der Waals surface area contributed by atoms with Gasteiger partial charge in [0, 0.05) is 32.2 Å². The van der Waals surface area contributed by atoms with Gasteiger partial charge < -0.3 is 15.4 Å². The fraction of sp³-hybridized carbons (Fsp3) is 0.333. The van der Waals surface area contributed by atoms with E-state index in [4.69, 9.17) is 10.1 Å². The number of amides is 1. The first-order chi connectivity index (χ1) is 13.2. The van der Waals surface area contributed by atoms with Crippen LogP contribution < -0.4 is 15.4 Å². The van der Waals surface area contributed by atoms with Gasteiger partial charge in [0.2, 0.25) is 15.9 Å². The largest absolute Gasteiger partial charge is 0.383 e. The summed E-state index contributed by atoms with van der Waals surface area (Å²) in [5.41, 5.74) is 0.523. The zero-order valence-electron chi connectivity index (χ0n) is 15.8. The SMILES string of the molecule is C=Cc1cc(CNC(=O)/C=C/CC(=N)NCCOC)cc(F)c1NS(C)(=O)=O. The Bertz CT molecular complexity index is 853. The van der Waals surface area contributed by atoms with E-state index in [0.717, 1.165) is 12.3 Å². The predicted octanol–water partition coefficient (Wildman–Crippen LogP) is 1.62. The number of rotatable bonds is 11. The number of nitrogens with one attached hydrogen (secondary N) is 4. The smallest absolute Gasteiger partial charge is 0.243 e. The molecule has 4 N–H and O–H groups in total. The number of carbonyl (C=O) groups is 1. The first kappa shape index (κ1) is 23.3. The molecule has 0 aliphatic rings. The number of ether oxygens (including phenoxy) is 1. The normalized spacial score (nSPS) is 11.2. The van der Waals surface area contributed by atoms with Crippen molar-refractivity contribution in [3.8, 4) is 0 Å². The van der Waals surface area contributed by atoms with Crippen LogP contribution in [0.4, 0.5) is 10.1 Å². The van der Waals surface area contributed by atoms with Crippen molar-refractivity contribution in [2.75, 3.05) is 31.2 Å². The minimum absolute atomic E-state index is 0.0453. The van der Waals surface area contributed by atoms with Crippen LogP contribution in [0.3, 0.4) is 0 Å². The molecular weight excluding hydrogens is 387 g/mol. The zero-order chi connectivity index (χ0) is 21.2. The van der Waals surface area contributed by atoms with Crippen LogP contribution in [0.1, 0.15) is 17.5 Å². The summed E-state index contributed by atoms with van der Waals surface area (Å²) >= 11 is 0. The molecular formula is C18H25FN4O4S. The fourth-order valence-electron chi connectivity index (χ4n) is 2.15. The lowest BCUT2D eigenvalue weighted by atomic mass is 10.1. The Morgan fingerprint density at radius 2 is 2.07 bits per heavy atom. The van der Waals surface area contributed by atoms with E-state index in [1.807, 2.05) is 0 Å². The molecule has 1 amide bonds. The van der Waals surface area contributed by atoms with Crippen LogP contribution in [0.15, 0.2) is 30.9 Å². The van der Waals surface area contributed by atoms with Crippen molar-refractivity contribution in [1.82, 2.24) is 10.6 Å². The van der Waals surface area contributed by atoms with Gasteiger partial charge in [-0.25, -0.2) is 12.8 Å². The number of hydrogen-bond acceptors (Lipinski definition) is 5. The molecule has 10 heteroatoms. The van der Waals surface area contributed by atoms with Crippen LogP contribution in [-0.4, -0.2) is 46.7 Å². The zero-order valence-corrected chi connectivity index (χ0v) is 16.7. The van der Waals surface area contributed by atoms with Crippen LogP contribution in [0, 0.1) is 11.2 Å². The summed E-state index contributed by atoms with van der Waals surface area (Å²) in [6.07, 6.45) is 5.33. The van der Waals surface area contributed by atoms with Crippen LogP contribution >= 0.6 is 0 Å². The molecule has 1 rings (SSSR count). The molecule has 0 aliphatic heterocycles. The Labute approximate surface area is 164 Å². The standard InChI is InChI=1S/C18H25FN4O4S/c1-4-14-10-13(11-15(19)18(14)23-28(3,25)26)12-22-17(24)7-5-6-16(20)21-8-9-27-2/h4-5,7,10-11,23H,1,6,8-9,12H2,2-3H3,(H2,20,21)(H,22,24)/b7-5+. The van der Waals surface area contributed by atoms with Crippen molar-refractivity contribution in [1.29, 1.82) is 5.41 Å². The second kappa shape index (κ2) is 11.2. The number of halogens is 1. The Morgan fingerprint density at radius 3 is 2.68 bits per heavy atom. The number of hydrogen-bond donors (Lipinski definition) is 4. The third-order valence-corrected chi connectivity index (χ3v) is 3.97. The summed E-state index contributed by atoms with van der Waals surface area (Å²) in [5, 5.41) is 13.1. The highest BCUT2D eigenvalue weighted by Crippen LogP contribution is 2.24. The van der Waals surface area contributed by atoms with Crippen molar-refractivity contribution >= 4 is 33.5 Å². The van der Waals surface area contributed by atoms with Gasteiger partial charge in [0.25, 0.3) is 0 Å². The average Bonchev–Trinajstić information content (AvgIpc) is 2.61. The summed E-state index contributed by atoms with van der Waals surface area (Å²) < 4.78 is 43.9. The second-order valence-corrected chi connectivity index (χ2v) is 7.59. The van der Waals surface area contributed by atoms with E-state index in [1.54, 1.807) is 7.11 Å². The van der Waals surface area contributed by atoms with E-state index >= 15 is 0 Å². The Kier molecular flexibility index (Phi) is 9.33. The fourth-order valence-corrected chi connectivity index (χ4v) is 2.74. The Balaban J connectivity index is 2.63. The summed E-state index contributed by atoms with van der Waals surface area (Å²) in [5.74, 6) is -0.908. The molecule has 0 aliphatic carbocycles. The van der Waals surface area contributed by atoms with Crippen molar-refractivity contribution in [3.05, 3.63) is 47.8 Å².